The van der Waals surface area contributed by atoms with E-state index in [4.69, 9.17) is 11.5 Å². The van der Waals surface area contributed by atoms with Crippen molar-refractivity contribution in [1.29, 1.82) is 0 Å². The average molecular weight is 342 g/mol. The zero-order chi connectivity index (χ0) is 16.7. The molecule has 5 nitrogen and oxygen atoms in total. The molecule has 1 saturated carbocycles. The van der Waals surface area contributed by atoms with Crippen LogP contribution in [0, 0.1) is 11.8 Å². The van der Waals surface area contributed by atoms with Gasteiger partial charge in [-0.25, -0.2) is 4.98 Å². The zero-order valence-corrected chi connectivity index (χ0v) is 14.3. The quantitative estimate of drug-likeness (QED) is 0.898. The highest BCUT2D eigenvalue weighted by Crippen LogP contribution is 2.43. The monoisotopic (exact) mass is 342 g/mol. The van der Waals surface area contributed by atoms with Gasteiger partial charge in [0.1, 0.15) is 5.69 Å². The van der Waals surface area contributed by atoms with Crippen molar-refractivity contribution in [2.75, 3.05) is 18.8 Å². The minimum Gasteiger partial charge on any atom is -0.375 e. The number of hydrogen-bond donors (Lipinski definition) is 2. The lowest BCUT2D eigenvalue weighted by Crippen LogP contribution is -2.43. The predicted octanol–water partition coefficient (Wildman–Crippen LogP) is 2.59. The lowest BCUT2D eigenvalue weighted by Gasteiger charge is -2.26. The van der Waals surface area contributed by atoms with E-state index in [1.54, 1.807) is 0 Å². The fraction of sp³-hybridized carbons (Fsp3) is 0.444. The fourth-order valence-corrected chi connectivity index (χ4v) is 5.19. The summed E-state index contributed by atoms with van der Waals surface area (Å²) < 4.78 is 0. The van der Waals surface area contributed by atoms with Gasteiger partial charge in [0.05, 0.1) is 4.88 Å². The summed E-state index contributed by atoms with van der Waals surface area (Å²) in [4.78, 5) is 20.4. The van der Waals surface area contributed by atoms with Crippen LogP contribution in [0.2, 0.25) is 0 Å². The Morgan fingerprint density at radius 3 is 2.83 bits per heavy atom. The van der Waals surface area contributed by atoms with E-state index in [-0.39, 0.29) is 11.9 Å². The number of carbonyl (C=O) groups excluding carboxylic acids is 1. The predicted molar refractivity (Wildman–Crippen MR) is 96.7 cm³/mol. The highest BCUT2D eigenvalue weighted by molar-refractivity contribution is 7.19. The van der Waals surface area contributed by atoms with E-state index in [2.05, 4.69) is 4.98 Å². The smallest absolute Gasteiger partial charge is 0.274 e. The van der Waals surface area contributed by atoms with Crippen LogP contribution in [0.15, 0.2) is 30.3 Å². The molecule has 6 heteroatoms. The third-order valence-corrected chi connectivity index (χ3v) is 6.36. The molecule has 0 unspecified atom stereocenters. The second kappa shape index (κ2) is 6.18. The van der Waals surface area contributed by atoms with Gasteiger partial charge >= 0.3 is 0 Å². The molecule has 1 aromatic heterocycles. The molecule has 24 heavy (non-hydrogen) atoms. The Bertz CT molecular complexity index is 745. The molecule has 3 atom stereocenters. The number of likely N-dealkylation sites (tertiary alicyclic amines) is 1. The van der Waals surface area contributed by atoms with Crippen LogP contribution < -0.4 is 11.5 Å². The van der Waals surface area contributed by atoms with Crippen LogP contribution in [0.4, 0.5) is 5.13 Å². The van der Waals surface area contributed by atoms with Crippen molar-refractivity contribution in [3.8, 4) is 10.4 Å². The van der Waals surface area contributed by atoms with Crippen molar-refractivity contribution in [2.24, 2.45) is 17.6 Å². The zero-order valence-electron chi connectivity index (χ0n) is 13.5. The molecule has 1 aliphatic carbocycles. The normalized spacial score (nSPS) is 25.9. The van der Waals surface area contributed by atoms with E-state index < -0.39 is 0 Å². The molecule has 1 saturated heterocycles. The largest absolute Gasteiger partial charge is 0.375 e. The third kappa shape index (κ3) is 2.50. The maximum absolute atomic E-state index is 13.2. The molecule has 2 heterocycles. The Morgan fingerprint density at radius 2 is 2.08 bits per heavy atom. The van der Waals surface area contributed by atoms with Crippen LogP contribution >= 0.6 is 11.3 Å². The van der Waals surface area contributed by atoms with Crippen molar-refractivity contribution in [3.63, 3.8) is 0 Å². The summed E-state index contributed by atoms with van der Waals surface area (Å²) in [6.45, 7) is 1.32. The first kappa shape index (κ1) is 15.6. The molecule has 0 spiro atoms. The van der Waals surface area contributed by atoms with Gasteiger partial charge in [0.15, 0.2) is 5.13 Å². The summed E-state index contributed by atoms with van der Waals surface area (Å²) in [5.41, 5.74) is 13.4. The standard InChI is InChI=1S/C18H22N4OS/c19-9-14-13-8-4-7-12(13)10-22(14)17(23)15-16(24-18(20)21-15)11-5-2-1-3-6-11/h1-3,5-6,12-14H,4,7-10,19H2,(H2,20,21)/t12-,13-,14+/m0/s1. The number of fused-ring (bicyclic) bond motifs is 1. The fourth-order valence-electron chi connectivity index (χ4n) is 4.36. The molecule has 2 aromatic rings. The molecule has 1 amide bonds. The SMILES string of the molecule is NC[C@@H]1[C@H]2CCC[C@H]2CN1C(=O)c1nc(N)sc1-c1ccccc1. The van der Waals surface area contributed by atoms with Gasteiger partial charge in [-0.3, -0.25) is 4.79 Å². The Kier molecular flexibility index (Phi) is 4.02. The number of aromatic nitrogens is 1. The van der Waals surface area contributed by atoms with Crippen molar-refractivity contribution >= 4 is 22.4 Å². The number of nitrogen functional groups attached to an aromatic ring is 1. The second-order valence-electron chi connectivity index (χ2n) is 6.71. The number of anilines is 1. The highest BCUT2D eigenvalue weighted by atomic mass is 32.1. The van der Waals surface area contributed by atoms with Gasteiger partial charge < -0.3 is 16.4 Å². The van der Waals surface area contributed by atoms with E-state index in [1.165, 1.54) is 30.6 Å². The summed E-state index contributed by atoms with van der Waals surface area (Å²) in [7, 11) is 0. The van der Waals surface area contributed by atoms with E-state index in [0.29, 0.717) is 29.2 Å². The van der Waals surface area contributed by atoms with Gasteiger partial charge in [-0.1, -0.05) is 48.1 Å². The van der Waals surface area contributed by atoms with Crippen molar-refractivity contribution in [2.45, 2.75) is 25.3 Å². The Labute approximate surface area is 145 Å². The van der Waals surface area contributed by atoms with E-state index >= 15 is 0 Å². The summed E-state index contributed by atoms with van der Waals surface area (Å²) in [6, 6.07) is 9.99. The van der Waals surface area contributed by atoms with E-state index in [9.17, 15) is 4.79 Å². The molecule has 0 bridgehead atoms. The van der Waals surface area contributed by atoms with Crippen molar-refractivity contribution in [3.05, 3.63) is 36.0 Å². The van der Waals surface area contributed by atoms with Crippen molar-refractivity contribution in [1.82, 2.24) is 9.88 Å². The van der Waals surface area contributed by atoms with Crippen molar-refractivity contribution < 1.29 is 4.79 Å². The van der Waals surface area contributed by atoms with Gasteiger partial charge in [-0.15, -0.1) is 0 Å². The molecule has 2 fully saturated rings. The van der Waals surface area contributed by atoms with Crippen LogP contribution in [0.25, 0.3) is 10.4 Å². The topological polar surface area (TPSA) is 85.2 Å². The first-order valence-electron chi connectivity index (χ1n) is 8.51. The Balaban J connectivity index is 1.68. The van der Waals surface area contributed by atoms with Gasteiger partial charge in [-0.2, -0.15) is 0 Å². The lowest BCUT2D eigenvalue weighted by molar-refractivity contribution is 0.0714. The first-order chi connectivity index (χ1) is 11.7. The number of thiazole rings is 1. The maximum Gasteiger partial charge on any atom is 0.274 e. The van der Waals surface area contributed by atoms with Crippen LogP contribution in [0.3, 0.4) is 0 Å². The molecule has 4 N–H and O–H groups in total. The molecule has 0 radical (unpaired) electrons. The third-order valence-electron chi connectivity index (χ3n) is 5.43. The minimum atomic E-state index is -0.0216. The molecule has 1 aromatic carbocycles. The van der Waals surface area contributed by atoms with Crippen LogP contribution in [-0.4, -0.2) is 34.9 Å². The molecule has 4 rings (SSSR count). The highest BCUT2D eigenvalue weighted by Gasteiger charge is 2.46. The molecular weight excluding hydrogens is 320 g/mol. The summed E-state index contributed by atoms with van der Waals surface area (Å²) >= 11 is 1.37. The number of rotatable bonds is 3. The van der Waals surface area contributed by atoms with E-state index in [0.717, 1.165) is 17.0 Å². The van der Waals surface area contributed by atoms with Crippen LogP contribution in [0.1, 0.15) is 29.8 Å². The van der Waals surface area contributed by atoms with E-state index in [1.807, 2.05) is 35.2 Å². The first-order valence-corrected chi connectivity index (χ1v) is 9.33. The second-order valence-corrected chi connectivity index (χ2v) is 7.74. The van der Waals surface area contributed by atoms with Crippen LogP contribution in [-0.2, 0) is 0 Å². The number of benzene rings is 1. The number of amides is 1. The molecular formula is C18H22N4OS. The van der Waals surface area contributed by atoms with Gasteiger partial charge in [0.2, 0.25) is 0 Å². The number of hydrogen-bond acceptors (Lipinski definition) is 5. The molecule has 126 valence electrons. The number of carbonyl (C=O) groups is 1. The maximum atomic E-state index is 13.2. The van der Waals surface area contributed by atoms with Crippen LogP contribution in [0.5, 0.6) is 0 Å². The number of nitrogens with zero attached hydrogens (tertiary/aromatic N) is 2. The van der Waals surface area contributed by atoms with Gasteiger partial charge in [-0.05, 0) is 30.2 Å². The lowest BCUT2D eigenvalue weighted by atomic mass is 9.94. The summed E-state index contributed by atoms with van der Waals surface area (Å²) in [5.74, 6) is 1.13. The molecule has 1 aliphatic heterocycles. The Hall–Kier alpha value is -1.92. The number of nitrogens with two attached hydrogens (primary N) is 2. The summed E-state index contributed by atoms with van der Waals surface area (Å²) in [5, 5.41) is 0.431. The van der Waals surface area contributed by atoms with Gasteiger partial charge in [0, 0.05) is 19.1 Å². The Morgan fingerprint density at radius 1 is 1.29 bits per heavy atom. The molecule has 2 aliphatic rings. The summed E-state index contributed by atoms with van der Waals surface area (Å²) in [6.07, 6.45) is 3.64. The average Bonchev–Trinajstić information content (AvgIpc) is 3.28. The minimum absolute atomic E-state index is 0.0216. The van der Waals surface area contributed by atoms with Gasteiger partial charge in [0.25, 0.3) is 5.91 Å².